The van der Waals surface area contributed by atoms with Crippen molar-refractivity contribution in [3.05, 3.63) is 35.6 Å². The average molecular weight is 297 g/mol. The zero-order valence-electron chi connectivity index (χ0n) is 12.5. The van der Waals surface area contributed by atoms with E-state index in [4.69, 9.17) is 0 Å². The summed E-state index contributed by atoms with van der Waals surface area (Å²) >= 11 is 1.88. The zero-order chi connectivity index (χ0) is 14.8. The molecule has 0 aliphatic carbocycles. The van der Waals surface area contributed by atoms with Crippen molar-refractivity contribution in [2.24, 2.45) is 4.99 Å². The number of guanidine groups is 1. The van der Waals surface area contributed by atoms with Gasteiger partial charge in [-0.1, -0.05) is 12.1 Å². The van der Waals surface area contributed by atoms with Gasteiger partial charge in [0.15, 0.2) is 5.96 Å². The summed E-state index contributed by atoms with van der Waals surface area (Å²) in [6, 6.07) is 6.58. The molecule has 0 heterocycles. The molecule has 0 aliphatic heterocycles. The maximum absolute atomic E-state index is 12.9. The molecule has 0 saturated heterocycles. The number of aliphatic imine (C=N–C) groups is 1. The number of hydrogen-bond acceptors (Lipinski definition) is 2. The Morgan fingerprint density at radius 1 is 1.30 bits per heavy atom. The van der Waals surface area contributed by atoms with E-state index >= 15 is 0 Å². The molecule has 0 unspecified atom stereocenters. The van der Waals surface area contributed by atoms with Crippen LogP contribution < -0.4 is 5.32 Å². The SMILES string of the molecule is CN=C(NCCCCSC)N(C)Cc1ccc(F)cc1. The van der Waals surface area contributed by atoms with Gasteiger partial charge >= 0.3 is 0 Å². The van der Waals surface area contributed by atoms with Crippen LogP contribution in [0.1, 0.15) is 18.4 Å². The van der Waals surface area contributed by atoms with Gasteiger partial charge in [0.1, 0.15) is 5.82 Å². The van der Waals surface area contributed by atoms with E-state index in [0.717, 1.165) is 24.5 Å². The third-order valence-electron chi connectivity index (χ3n) is 2.96. The first-order valence-electron chi connectivity index (χ1n) is 6.82. The average Bonchev–Trinajstić information content (AvgIpc) is 2.45. The van der Waals surface area contributed by atoms with Crippen molar-refractivity contribution in [2.45, 2.75) is 19.4 Å². The summed E-state index contributed by atoms with van der Waals surface area (Å²) in [6.07, 6.45) is 4.49. The number of unbranched alkanes of at least 4 members (excludes halogenated alkanes) is 1. The topological polar surface area (TPSA) is 27.6 Å². The van der Waals surface area contributed by atoms with Crippen LogP contribution in [0, 0.1) is 5.82 Å². The first kappa shape index (κ1) is 16.8. The fourth-order valence-electron chi connectivity index (χ4n) is 1.89. The Morgan fingerprint density at radius 2 is 2.00 bits per heavy atom. The molecule has 0 spiro atoms. The highest BCUT2D eigenvalue weighted by Crippen LogP contribution is 2.05. The van der Waals surface area contributed by atoms with Gasteiger partial charge in [0.05, 0.1) is 0 Å². The molecule has 0 saturated carbocycles. The van der Waals surface area contributed by atoms with Crippen molar-refractivity contribution in [3.63, 3.8) is 0 Å². The highest BCUT2D eigenvalue weighted by molar-refractivity contribution is 7.98. The molecule has 1 aromatic carbocycles. The van der Waals surface area contributed by atoms with Crippen LogP contribution in [0.2, 0.25) is 0 Å². The van der Waals surface area contributed by atoms with Gasteiger partial charge in [0.25, 0.3) is 0 Å². The fourth-order valence-corrected chi connectivity index (χ4v) is 2.39. The van der Waals surface area contributed by atoms with Crippen LogP contribution in [0.15, 0.2) is 29.3 Å². The summed E-state index contributed by atoms with van der Waals surface area (Å²) < 4.78 is 12.9. The Labute approximate surface area is 125 Å². The summed E-state index contributed by atoms with van der Waals surface area (Å²) in [5.41, 5.74) is 1.07. The third kappa shape index (κ3) is 6.28. The summed E-state index contributed by atoms with van der Waals surface area (Å²) in [7, 11) is 3.77. The molecule has 5 heteroatoms. The Bertz CT molecular complexity index is 406. The van der Waals surface area contributed by atoms with Gasteiger partial charge < -0.3 is 10.2 Å². The summed E-state index contributed by atoms with van der Waals surface area (Å²) in [5, 5.41) is 3.35. The molecule has 0 aromatic heterocycles. The molecule has 0 aliphatic rings. The van der Waals surface area contributed by atoms with E-state index in [2.05, 4.69) is 16.6 Å². The summed E-state index contributed by atoms with van der Waals surface area (Å²) in [5.74, 6) is 1.87. The lowest BCUT2D eigenvalue weighted by molar-refractivity contribution is 0.475. The largest absolute Gasteiger partial charge is 0.356 e. The molecule has 112 valence electrons. The number of halogens is 1. The fraction of sp³-hybridized carbons (Fsp3) is 0.533. The van der Waals surface area contributed by atoms with E-state index in [-0.39, 0.29) is 5.82 Å². The van der Waals surface area contributed by atoms with Crippen LogP contribution in [0.4, 0.5) is 4.39 Å². The van der Waals surface area contributed by atoms with Gasteiger partial charge in [-0.15, -0.1) is 0 Å². The molecule has 0 fully saturated rings. The standard InChI is InChI=1S/C15H24FN3S/c1-17-15(18-10-4-5-11-20-3)19(2)12-13-6-8-14(16)9-7-13/h6-9H,4-5,10-12H2,1-3H3,(H,17,18). The molecule has 0 atom stereocenters. The van der Waals surface area contributed by atoms with Crippen LogP contribution in [0.5, 0.6) is 0 Å². The second kappa shape index (κ2) is 9.64. The van der Waals surface area contributed by atoms with Crippen molar-refractivity contribution in [2.75, 3.05) is 32.6 Å². The van der Waals surface area contributed by atoms with Crippen LogP contribution in [-0.2, 0) is 6.54 Å². The van der Waals surface area contributed by atoms with Gasteiger partial charge in [-0.3, -0.25) is 4.99 Å². The summed E-state index contributed by atoms with van der Waals surface area (Å²) in [6.45, 7) is 1.64. The first-order chi connectivity index (χ1) is 9.67. The Kier molecular flexibility index (Phi) is 8.11. The Hall–Kier alpha value is -1.23. The van der Waals surface area contributed by atoms with Crippen LogP contribution in [-0.4, -0.2) is 43.5 Å². The quantitative estimate of drug-likeness (QED) is 0.476. The highest BCUT2D eigenvalue weighted by atomic mass is 32.2. The lowest BCUT2D eigenvalue weighted by Crippen LogP contribution is -2.38. The van der Waals surface area contributed by atoms with Crippen molar-refractivity contribution >= 4 is 17.7 Å². The number of nitrogens with one attached hydrogen (secondary N) is 1. The van der Waals surface area contributed by atoms with Crippen LogP contribution in [0.3, 0.4) is 0 Å². The molecule has 1 rings (SSSR count). The minimum atomic E-state index is -0.201. The second-order valence-corrected chi connectivity index (χ2v) is 5.64. The maximum Gasteiger partial charge on any atom is 0.193 e. The van der Waals surface area contributed by atoms with E-state index in [0.29, 0.717) is 6.54 Å². The van der Waals surface area contributed by atoms with Gasteiger partial charge in [-0.25, -0.2) is 4.39 Å². The van der Waals surface area contributed by atoms with Crippen LogP contribution in [0.25, 0.3) is 0 Å². The molecule has 1 N–H and O–H groups in total. The normalized spacial score (nSPS) is 11.5. The third-order valence-corrected chi connectivity index (χ3v) is 3.66. The van der Waals surface area contributed by atoms with Crippen molar-refractivity contribution in [1.82, 2.24) is 10.2 Å². The monoisotopic (exact) mass is 297 g/mol. The molecule has 1 aromatic rings. The molecular weight excluding hydrogens is 273 g/mol. The first-order valence-corrected chi connectivity index (χ1v) is 8.22. The van der Waals surface area contributed by atoms with Gasteiger partial charge in [0, 0.05) is 27.2 Å². The Morgan fingerprint density at radius 3 is 2.60 bits per heavy atom. The second-order valence-electron chi connectivity index (χ2n) is 4.66. The lowest BCUT2D eigenvalue weighted by Gasteiger charge is -2.22. The van der Waals surface area contributed by atoms with Crippen LogP contribution >= 0.6 is 11.8 Å². The Balaban J connectivity index is 2.38. The predicted octanol–water partition coefficient (Wildman–Crippen LogP) is 2.98. The van der Waals surface area contributed by atoms with E-state index in [1.807, 2.05) is 23.7 Å². The van der Waals surface area contributed by atoms with Crippen molar-refractivity contribution < 1.29 is 4.39 Å². The van der Waals surface area contributed by atoms with Gasteiger partial charge in [-0.2, -0.15) is 11.8 Å². The lowest BCUT2D eigenvalue weighted by atomic mass is 10.2. The number of rotatable bonds is 7. The zero-order valence-corrected chi connectivity index (χ0v) is 13.3. The molecule has 20 heavy (non-hydrogen) atoms. The molecule has 3 nitrogen and oxygen atoms in total. The van der Waals surface area contributed by atoms with E-state index in [1.165, 1.54) is 24.3 Å². The smallest absolute Gasteiger partial charge is 0.193 e. The number of hydrogen-bond donors (Lipinski definition) is 1. The van der Waals surface area contributed by atoms with Gasteiger partial charge in [0.2, 0.25) is 0 Å². The number of nitrogens with zero attached hydrogens (tertiary/aromatic N) is 2. The van der Waals surface area contributed by atoms with Crippen molar-refractivity contribution in [1.29, 1.82) is 0 Å². The molecule has 0 radical (unpaired) electrons. The predicted molar refractivity (Wildman–Crippen MR) is 86.8 cm³/mol. The minimum absolute atomic E-state index is 0.201. The maximum atomic E-state index is 12.9. The van der Waals surface area contributed by atoms with Gasteiger partial charge in [-0.05, 0) is 42.5 Å². The van der Waals surface area contributed by atoms with Crippen molar-refractivity contribution in [3.8, 4) is 0 Å². The molecule has 0 bridgehead atoms. The highest BCUT2D eigenvalue weighted by Gasteiger charge is 2.06. The molecular formula is C15H24FN3S. The summed E-state index contributed by atoms with van der Waals surface area (Å²) in [4.78, 5) is 6.32. The van der Waals surface area contributed by atoms with E-state index < -0.39 is 0 Å². The molecule has 0 amide bonds. The van der Waals surface area contributed by atoms with E-state index in [1.54, 1.807) is 19.2 Å². The van der Waals surface area contributed by atoms with E-state index in [9.17, 15) is 4.39 Å². The number of benzene rings is 1. The minimum Gasteiger partial charge on any atom is -0.356 e. The number of thioether (sulfide) groups is 1.